The molecular weight excluding hydrogens is 136 g/mol. The monoisotopic (exact) mass is 146 g/mol. The van der Waals surface area contributed by atoms with E-state index in [4.69, 9.17) is 16.3 Å². The van der Waals surface area contributed by atoms with Crippen LogP contribution in [0.25, 0.3) is 0 Å². The normalized spacial score (nSPS) is 41.9. The van der Waals surface area contributed by atoms with Crippen molar-refractivity contribution >= 4 is 11.6 Å². The van der Waals surface area contributed by atoms with E-state index in [-0.39, 0.29) is 11.2 Å². The van der Waals surface area contributed by atoms with Crippen LogP contribution in [0.4, 0.5) is 0 Å². The number of ether oxygens (including phenoxy) is 1. The van der Waals surface area contributed by atoms with E-state index < -0.39 is 0 Å². The summed E-state index contributed by atoms with van der Waals surface area (Å²) in [5, 5.41) is 0. The van der Waals surface area contributed by atoms with Crippen LogP contribution in [-0.4, -0.2) is 11.2 Å². The summed E-state index contributed by atoms with van der Waals surface area (Å²) in [5.41, 5.74) is -0.318. The number of rotatable bonds is 1. The molecule has 52 valence electrons. The summed E-state index contributed by atoms with van der Waals surface area (Å²) in [6.45, 7) is 4.12. The van der Waals surface area contributed by atoms with Crippen LogP contribution in [0, 0.1) is 0 Å². The maximum atomic E-state index is 5.67. The van der Waals surface area contributed by atoms with Crippen molar-refractivity contribution in [2.75, 3.05) is 0 Å². The van der Waals surface area contributed by atoms with E-state index in [1.807, 2.05) is 19.1 Å². The van der Waals surface area contributed by atoms with E-state index in [0.29, 0.717) is 0 Å². The molecule has 0 aromatic heterocycles. The lowest BCUT2D eigenvalue weighted by atomic mass is 10.1. The maximum absolute atomic E-state index is 5.67. The summed E-state index contributed by atoms with van der Waals surface area (Å²) >= 11 is 5.67. The fourth-order valence-electron chi connectivity index (χ4n) is 0.816. The van der Waals surface area contributed by atoms with Crippen LogP contribution in [0.2, 0.25) is 0 Å². The first-order valence-electron chi connectivity index (χ1n) is 3.17. The molecule has 0 saturated heterocycles. The summed E-state index contributed by atoms with van der Waals surface area (Å²) < 4.78 is 5.35. The molecule has 2 unspecified atom stereocenters. The van der Waals surface area contributed by atoms with Gasteiger partial charge in [-0.1, -0.05) is 24.6 Å². The van der Waals surface area contributed by atoms with Crippen LogP contribution < -0.4 is 0 Å². The highest BCUT2D eigenvalue weighted by Crippen LogP contribution is 2.27. The second-order valence-corrected chi connectivity index (χ2v) is 2.92. The Bertz CT molecular complexity index is 133. The van der Waals surface area contributed by atoms with Crippen LogP contribution in [-0.2, 0) is 4.74 Å². The average Bonchev–Trinajstić information content (AvgIpc) is 2.13. The van der Waals surface area contributed by atoms with Gasteiger partial charge in [0.05, 0.1) is 5.60 Å². The third-order valence-corrected chi connectivity index (χ3v) is 1.92. The minimum atomic E-state index is -0.213. The second kappa shape index (κ2) is 2.31. The smallest absolute Gasteiger partial charge is 0.151 e. The highest BCUT2D eigenvalue weighted by Gasteiger charge is 2.27. The van der Waals surface area contributed by atoms with Crippen LogP contribution in [0.15, 0.2) is 12.2 Å². The predicted molar refractivity (Wildman–Crippen MR) is 38.6 cm³/mol. The molecule has 0 aromatic rings. The molecule has 0 radical (unpaired) electrons. The van der Waals surface area contributed by atoms with Crippen molar-refractivity contribution in [2.45, 2.75) is 31.4 Å². The summed E-state index contributed by atoms with van der Waals surface area (Å²) in [5.74, 6) is 0. The molecule has 0 saturated carbocycles. The predicted octanol–water partition coefficient (Wildman–Crippen LogP) is 2.31. The van der Waals surface area contributed by atoms with Crippen molar-refractivity contribution in [3.63, 3.8) is 0 Å². The van der Waals surface area contributed by atoms with Gasteiger partial charge in [0.25, 0.3) is 0 Å². The third kappa shape index (κ3) is 1.46. The van der Waals surface area contributed by atoms with Crippen molar-refractivity contribution in [3.8, 4) is 0 Å². The Balaban J connectivity index is 2.57. The number of alkyl halides is 1. The Hall–Kier alpha value is -0.0100. The standard InChI is InChI=1S/C7H11ClO/c1-3-7(2)5-4-6(8)9-7/h4-6H,3H2,1-2H3. The molecule has 0 fully saturated rings. The average molecular weight is 147 g/mol. The molecule has 1 nitrogen and oxygen atoms in total. The van der Waals surface area contributed by atoms with E-state index in [1.54, 1.807) is 0 Å². The van der Waals surface area contributed by atoms with Crippen LogP contribution in [0.5, 0.6) is 0 Å². The Morgan fingerprint density at radius 3 is 2.67 bits per heavy atom. The van der Waals surface area contributed by atoms with Gasteiger partial charge in [0, 0.05) is 0 Å². The van der Waals surface area contributed by atoms with Crippen molar-refractivity contribution in [1.82, 2.24) is 0 Å². The first-order valence-corrected chi connectivity index (χ1v) is 3.61. The molecule has 0 spiro atoms. The van der Waals surface area contributed by atoms with Gasteiger partial charge in [-0.25, -0.2) is 0 Å². The van der Waals surface area contributed by atoms with Gasteiger partial charge in [-0.2, -0.15) is 0 Å². The zero-order chi connectivity index (χ0) is 6.91. The van der Waals surface area contributed by atoms with Gasteiger partial charge in [-0.3, -0.25) is 0 Å². The first-order chi connectivity index (χ1) is 4.16. The molecule has 0 bridgehead atoms. The minimum Gasteiger partial charge on any atom is -0.349 e. The fraction of sp³-hybridized carbons (Fsp3) is 0.714. The lowest BCUT2D eigenvalue weighted by molar-refractivity contribution is 0.0205. The van der Waals surface area contributed by atoms with Crippen LogP contribution >= 0.6 is 11.6 Å². The van der Waals surface area contributed by atoms with Crippen LogP contribution in [0.1, 0.15) is 20.3 Å². The molecule has 2 atom stereocenters. The van der Waals surface area contributed by atoms with Gasteiger partial charge in [0.15, 0.2) is 5.56 Å². The molecule has 0 aliphatic carbocycles. The zero-order valence-electron chi connectivity index (χ0n) is 5.73. The number of halogens is 1. The van der Waals surface area contributed by atoms with Gasteiger partial charge < -0.3 is 4.74 Å². The fourth-order valence-corrected chi connectivity index (χ4v) is 1.09. The molecule has 0 aromatic carbocycles. The van der Waals surface area contributed by atoms with Crippen LogP contribution in [0.3, 0.4) is 0 Å². The van der Waals surface area contributed by atoms with Gasteiger partial charge in [-0.05, 0) is 19.4 Å². The van der Waals surface area contributed by atoms with Crippen molar-refractivity contribution in [2.24, 2.45) is 0 Å². The first kappa shape index (κ1) is 7.10. The van der Waals surface area contributed by atoms with Gasteiger partial charge in [0.2, 0.25) is 0 Å². The SMILES string of the molecule is CCC1(C)C=CC(Cl)O1. The summed E-state index contributed by atoms with van der Waals surface area (Å²) in [7, 11) is 0. The van der Waals surface area contributed by atoms with E-state index in [1.165, 1.54) is 0 Å². The highest BCUT2D eigenvalue weighted by molar-refractivity contribution is 6.21. The molecule has 1 aliphatic rings. The zero-order valence-corrected chi connectivity index (χ0v) is 6.48. The maximum Gasteiger partial charge on any atom is 0.151 e. The summed E-state index contributed by atoms with van der Waals surface area (Å²) in [4.78, 5) is 0. The Morgan fingerprint density at radius 2 is 2.44 bits per heavy atom. The largest absolute Gasteiger partial charge is 0.349 e. The lowest BCUT2D eigenvalue weighted by Crippen LogP contribution is -2.22. The molecule has 1 heterocycles. The van der Waals surface area contributed by atoms with E-state index in [2.05, 4.69) is 6.92 Å². The van der Waals surface area contributed by atoms with Crippen molar-refractivity contribution in [1.29, 1.82) is 0 Å². The second-order valence-electron chi connectivity index (χ2n) is 2.49. The van der Waals surface area contributed by atoms with Crippen molar-refractivity contribution < 1.29 is 4.74 Å². The van der Waals surface area contributed by atoms with Gasteiger partial charge in [-0.15, -0.1) is 0 Å². The molecule has 0 amide bonds. The summed E-state index contributed by atoms with van der Waals surface area (Å²) in [6.07, 6.45) is 4.88. The molecule has 0 N–H and O–H groups in total. The van der Waals surface area contributed by atoms with E-state index in [0.717, 1.165) is 6.42 Å². The lowest BCUT2D eigenvalue weighted by Gasteiger charge is -2.19. The van der Waals surface area contributed by atoms with E-state index >= 15 is 0 Å². The molecular formula is C7H11ClO. The highest BCUT2D eigenvalue weighted by atomic mass is 35.5. The Labute approximate surface area is 60.7 Å². The van der Waals surface area contributed by atoms with Gasteiger partial charge in [0.1, 0.15) is 0 Å². The Morgan fingerprint density at radius 1 is 1.78 bits per heavy atom. The number of hydrogen-bond donors (Lipinski definition) is 0. The molecule has 9 heavy (non-hydrogen) atoms. The number of hydrogen-bond acceptors (Lipinski definition) is 1. The molecule has 1 rings (SSSR count). The third-order valence-electron chi connectivity index (χ3n) is 1.68. The van der Waals surface area contributed by atoms with Crippen molar-refractivity contribution in [3.05, 3.63) is 12.2 Å². The van der Waals surface area contributed by atoms with E-state index in [9.17, 15) is 0 Å². The quantitative estimate of drug-likeness (QED) is 0.408. The van der Waals surface area contributed by atoms with Gasteiger partial charge >= 0.3 is 0 Å². The molecule has 1 aliphatic heterocycles. The molecule has 2 heteroatoms. The topological polar surface area (TPSA) is 9.23 Å². The minimum absolute atomic E-state index is 0.105. The Kier molecular flexibility index (Phi) is 1.83. The summed E-state index contributed by atoms with van der Waals surface area (Å²) in [6, 6.07) is 0.